The number of aromatic amines is 1. The Bertz CT molecular complexity index is 618. The third-order valence-corrected chi connectivity index (χ3v) is 2.49. The number of hydrogen-bond acceptors (Lipinski definition) is 4. The van der Waals surface area contributed by atoms with Crippen molar-refractivity contribution in [2.75, 3.05) is 0 Å². The number of aliphatic hydroxyl groups excluding tert-OH is 1. The van der Waals surface area contributed by atoms with Gasteiger partial charge in [0, 0.05) is 5.69 Å². The van der Waals surface area contributed by atoms with Crippen molar-refractivity contribution in [3.05, 3.63) is 34.9 Å². The van der Waals surface area contributed by atoms with E-state index in [9.17, 15) is 13.2 Å². The fraction of sp³-hybridized carbons (Fsp3) is 0.200. The predicted molar refractivity (Wildman–Crippen MR) is 61.4 cm³/mol. The minimum Gasteiger partial charge on any atom is -0.406 e. The Hall–Kier alpha value is -1.87. The molecule has 19 heavy (non-hydrogen) atoms. The Morgan fingerprint density at radius 1 is 1.32 bits per heavy atom. The van der Waals surface area contributed by atoms with Crippen molar-refractivity contribution < 1.29 is 23.0 Å². The number of nitrogens with one attached hydrogen (secondary N) is 1. The zero-order valence-electron chi connectivity index (χ0n) is 9.31. The van der Waals surface area contributed by atoms with Crippen molar-refractivity contribution >= 4 is 12.2 Å². The number of rotatable bonds is 3. The smallest absolute Gasteiger partial charge is 0.406 e. The van der Waals surface area contributed by atoms with Crippen LogP contribution in [-0.4, -0.2) is 26.2 Å². The van der Waals surface area contributed by atoms with E-state index < -0.39 is 6.36 Å². The maximum absolute atomic E-state index is 12.0. The van der Waals surface area contributed by atoms with E-state index in [-0.39, 0.29) is 23.0 Å². The molecule has 0 fully saturated rings. The molecule has 0 aliphatic carbocycles. The highest BCUT2D eigenvalue weighted by Gasteiger charge is 2.30. The van der Waals surface area contributed by atoms with Gasteiger partial charge < -0.3 is 9.84 Å². The first kappa shape index (κ1) is 13.6. The van der Waals surface area contributed by atoms with E-state index >= 15 is 0 Å². The monoisotopic (exact) mass is 291 g/mol. The molecule has 102 valence electrons. The third kappa shape index (κ3) is 3.12. The SMILES string of the molecule is OCc1n[nH]c(=S)n1-c1ccc(OC(F)(F)F)cc1. The number of halogens is 3. The molecule has 1 aromatic heterocycles. The molecule has 0 atom stereocenters. The predicted octanol–water partition coefficient (Wildman–Crippen LogP) is 2.32. The van der Waals surface area contributed by atoms with Crippen LogP contribution in [0, 0.1) is 4.77 Å². The van der Waals surface area contributed by atoms with Crippen LogP contribution in [-0.2, 0) is 6.61 Å². The van der Waals surface area contributed by atoms with Crippen molar-refractivity contribution in [3.63, 3.8) is 0 Å². The Kier molecular flexibility index (Phi) is 3.58. The largest absolute Gasteiger partial charge is 0.573 e. The van der Waals surface area contributed by atoms with Crippen molar-refractivity contribution in [1.82, 2.24) is 14.8 Å². The van der Waals surface area contributed by atoms with Crippen molar-refractivity contribution in [1.29, 1.82) is 0 Å². The summed E-state index contributed by atoms with van der Waals surface area (Å²) in [5.74, 6) is -0.0775. The minimum absolute atomic E-state index is 0.230. The van der Waals surface area contributed by atoms with E-state index in [1.807, 2.05) is 0 Å². The normalized spacial score (nSPS) is 11.6. The summed E-state index contributed by atoms with van der Waals surface area (Å²) in [4.78, 5) is 0. The second-order valence-corrected chi connectivity index (χ2v) is 3.87. The molecule has 9 heteroatoms. The summed E-state index contributed by atoms with van der Waals surface area (Å²) >= 11 is 4.96. The maximum Gasteiger partial charge on any atom is 0.573 e. The van der Waals surface area contributed by atoms with Gasteiger partial charge in [-0.2, -0.15) is 5.10 Å². The van der Waals surface area contributed by atoms with Gasteiger partial charge >= 0.3 is 6.36 Å². The molecule has 0 saturated heterocycles. The van der Waals surface area contributed by atoms with Gasteiger partial charge in [0.15, 0.2) is 10.6 Å². The Morgan fingerprint density at radius 3 is 2.47 bits per heavy atom. The summed E-state index contributed by atoms with van der Waals surface area (Å²) in [6.45, 7) is -0.353. The van der Waals surface area contributed by atoms with Crippen molar-refractivity contribution in [2.45, 2.75) is 13.0 Å². The van der Waals surface area contributed by atoms with Crippen LogP contribution in [0.15, 0.2) is 24.3 Å². The summed E-state index contributed by atoms with van der Waals surface area (Å²) in [7, 11) is 0. The highest BCUT2D eigenvalue weighted by molar-refractivity contribution is 7.71. The molecule has 1 aromatic carbocycles. The first-order valence-corrected chi connectivity index (χ1v) is 5.45. The molecule has 0 aliphatic heterocycles. The van der Waals surface area contributed by atoms with Gasteiger partial charge in [-0.3, -0.25) is 9.67 Å². The fourth-order valence-electron chi connectivity index (χ4n) is 1.50. The highest BCUT2D eigenvalue weighted by atomic mass is 32.1. The van der Waals surface area contributed by atoms with Crippen LogP contribution in [0.5, 0.6) is 5.75 Å². The lowest BCUT2D eigenvalue weighted by atomic mass is 10.3. The molecule has 0 radical (unpaired) electrons. The molecular weight excluding hydrogens is 283 g/mol. The van der Waals surface area contributed by atoms with Gasteiger partial charge in [0.25, 0.3) is 0 Å². The Balaban J connectivity index is 2.33. The van der Waals surface area contributed by atoms with Gasteiger partial charge in [0.2, 0.25) is 0 Å². The second-order valence-electron chi connectivity index (χ2n) is 3.48. The number of aliphatic hydroxyl groups is 1. The molecule has 0 unspecified atom stereocenters. The van der Waals surface area contributed by atoms with Crippen LogP contribution < -0.4 is 4.74 Å². The van der Waals surface area contributed by atoms with E-state index in [2.05, 4.69) is 14.9 Å². The topological polar surface area (TPSA) is 63.1 Å². The Morgan fingerprint density at radius 2 is 1.95 bits per heavy atom. The van der Waals surface area contributed by atoms with E-state index in [0.29, 0.717) is 5.69 Å². The molecule has 0 amide bonds. The number of hydrogen-bond donors (Lipinski definition) is 2. The van der Waals surface area contributed by atoms with E-state index in [1.165, 1.54) is 16.7 Å². The van der Waals surface area contributed by atoms with Crippen molar-refractivity contribution in [3.8, 4) is 11.4 Å². The number of aromatic nitrogens is 3. The van der Waals surface area contributed by atoms with Gasteiger partial charge in [-0.25, -0.2) is 0 Å². The number of ether oxygens (including phenoxy) is 1. The molecule has 0 bridgehead atoms. The number of H-pyrrole nitrogens is 1. The molecule has 2 N–H and O–H groups in total. The lowest BCUT2D eigenvalue weighted by molar-refractivity contribution is -0.274. The zero-order valence-corrected chi connectivity index (χ0v) is 10.1. The summed E-state index contributed by atoms with van der Waals surface area (Å²) in [6.07, 6.45) is -4.73. The minimum atomic E-state index is -4.73. The first-order valence-electron chi connectivity index (χ1n) is 5.04. The van der Waals surface area contributed by atoms with E-state index in [1.54, 1.807) is 0 Å². The number of benzene rings is 1. The number of alkyl halides is 3. The van der Waals surface area contributed by atoms with Gasteiger partial charge in [0.05, 0.1) is 0 Å². The Labute approximate surface area is 110 Å². The standard InChI is InChI=1S/C10H8F3N3O2S/c11-10(12,13)18-7-3-1-6(2-4-7)16-8(5-17)14-15-9(16)19/h1-4,17H,5H2,(H,15,19). The number of nitrogens with zero attached hydrogens (tertiary/aromatic N) is 2. The molecule has 0 spiro atoms. The lowest BCUT2D eigenvalue weighted by Gasteiger charge is -2.10. The molecular formula is C10H8F3N3O2S. The molecule has 5 nitrogen and oxygen atoms in total. The molecule has 0 aliphatic rings. The van der Waals surface area contributed by atoms with Crippen LogP contribution in [0.25, 0.3) is 5.69 Å². The summed E-state index contributed by atoms with van der Waals surface area (Å²) in [6, 6.07) is 5.06. The maximum atomic E-state index is 12.0. The van der Waals surface area contributed by atoms with Crippen LogP contribution in [0.1, 0.15) is 5.82 Å². The van der Waals surface area contributed by atoms with Crippen LogP contribution in [0.4, 0.5) is 13.2 Å². The van der Waals surface area contributed by atoms with E-state index in [4.69, 9.17) is 17.3 Å². The molecule has 1 heterocycles. The van der Waals surface area contributed by atoms with Crippen LogP contribution in [0.2, 0.25) is 0 Å². The molecule has 2 rings (SSSR count). The third-order valence-electron chi connectivity index (χ3n) is 2.21. The van der Waals surface area contributed by atoms with Crippen LogP contribution >= 0.6 is 12.2 Å². The van der Waals surface area contributed by atoms with Gasteiger partial charge in [0.1, 0.15) is 12.4 Å². The van der Waals surface area contributed by atoms with Gasteiger partial charge in [-0.05, 0) is 36.5 Å². The fourth-order valence-corrected chi connectivity index (χ4v) is 1.76. The van der Waals surface area contributed by atoms with Crippen LogP contribution in [0.3, 0.4) is 0 Å². The van der Waals surface area contributed by atoms with E-state index in [0.717, 1.165) is 12.1 Å². The molecule has 0 saturated carbocycles. The lowest BCUT2D eigenvalue weighted by Crippen LogP contribution is -2.17. The zero-order chi connectivity index (χ0) is 14.0. The highest BCUT2D eigenvalue weighted by Crippen LogP contribution is 2.24. The van der Waals surface area contributed by atoms with Crippen molar-refractivity contribution in [2.24, 2.45) is 0 Å². The summed E-state index contributed by atoms with van der Waals surface area (Å²) in [5.41, 5.74) is 0.470. The summed E-state index contributed by atoms with van der Waals surface area (Å²) in [5, 5.41) is 15.3. The summed E-state index contributed by atoms with van der Waals surface area (Å²) < 4.78 is 41.4. The van der Waals surface area contributed by atoms with Gasteiger partial charge in [-0.15, -0.1) is 13.2 Å². The first-order chi connectivity index (χ1) is 8.90. The average molecular weight is 291 g/mol. The quantitative estimate of drug-likeness (QED) is 0.852. The van der Waals surface area contributed by atoms with Gasteiger partial charge in [-0.1, -0.05) is 0 Å². The average Bonchev–Trinajstić information content (AvgIpc) is 2.69. The molecule has 2 aromatic rings. The second kappa shape index (κ2) is 5.02.